The molecule has 5 atom stereocenters. The van der Waals surface area contributed by atoms with E-state index in [1.807, 2.05) is 11.1 Å². The van der Waals surface area contributed by atoms with Crippen molar-refractivity contribution in [1.82, 2.24) is 4.90 Å². The summed E-state index contributed by atoms with van der Waals surface area (Å²) in [6, 6.07) is 0. The fraction of sp³-hybridized carbons (Fsp3) is 0.696. The molecule has 0 radical (unpaired) electrons. The number of Topliss-reactive ketones (excluding diaryl/α,β-unsaturated/α-hetero) is 1. The molecule has 0 amide bonds. The molecule has 5 aliphatic rings. The number of ketones is 1. The van der Waals surface area contributed by atoms with Crippen molar-refractivity contribution in [1.29, 1.82) is 0 Å². The van der Waals surface area contributed by atoms with Gasteiger partial charge in [-0.15, -0.1) is 0 Å². The molecule has 0 aromatic carbocycles. The molecular formula is C23H31N3O4. The largest absolute Gasteiger partial charge is 0.478 e. The number of carbonyl (C=O) groups is 2. The highest BCUT2D eigenvalue weighted by Gasteiger charge is 2.74. The van der Waals surface area contributed by atoms with Gasteiger partial charge in [-0.05, 0) is 62.4 Å². The van der Waals surface area contributed by atoms with Gasteiger partial charge < -0.3 is 20.8 Å². The zero-order valence-corrected chi connectivity index (χ0v) is 17.6. The van der Waals surface area contributed by atoms with Gasteiger partial charge in [0, 0.05) is 37.0 Å². The summed E-state index contributed by atoms with van der Waals surface area (Å²) in [5.74, 6) is -0.380. The number of hydrogen-bond acceptors (Lipinski definition) is 4. The van der Waals surface area contributed by atoms with E-state index in [0.717, 1.165) is 37.7 Å². The van der Waals surface area contributed by atoms with Crippen molar-refractivity contribution >= 4 is 17.7 Å². The van der Waals surface area contributed by atoms with Gasteiger partial charge in [0.2, 0.25) is 0 Å². The molecule has 1 heterocycles. The number of fused-ring (bicyclic) bond motifs is 1. The normalized spacial score (nSPS) is 43.1. The number of aliphatic carboxylic acids is 1. The zero-order chi connectivity index (χ0) is 21.3. The molecule has 30 heavy (non-hydrogen) atoms. The Morgan fingerprint density at radius 1 is 1.27 bits per heavy atom. The van der Waals surface area contributed by atoms with Crippen LogP contribution in [-0.2, 0) is 9.59 Å². The van der Waals surface area contributed by atoms with E-state index in [0.29, 0.717) is 31.3 Å². The second kappa shape index (κ2) is 6.42. The summed E-state index contributed by atoms with van der Waals surface area (Å²) in [6.45, 7) is 0.661. The van der Waals surface area contributed by atoms with Crippen LogP contribution in [0, 0.1) is 22.7 Å². The number of guanidine groups is 1. The Morgan fingerprint density at radius 3 is 2.77 bits per heavy atom. The van der Waals surface area contributed by atoms with Gasteiger partial charge in [-0.2, -0.15) is 0 Å². The lowest BCUT2D eigenvalue weighted by molar-refractivity contribution is -0.146. The van der Waals surface area contributed by atoms with Crippen LogP contribution >= 0.6 is 0 Å². The fourth-order valence-electron chi connectivity index (χ4n) is 8.00. The summed E-state index contributed by atoms with van der Waals surface area (Å²) < 4.78 is 0. The standard InChI is InChI=1S/C23H31N3O4/c1-25-20(24)26-10-4-9-21(13-26)15-8-7-14-5-2-3-6-17(27)23(30)12-22(14,21)16(11-15)18(23)19(28)29/h4,10,14-15,30H,2-3,5-9,11-13H2,1H3,(H2,24,25)(H,28,29)/t14-,15-,21-,22+,23-/m1/s1. The third kappa shape index (κ3) is 2.22. The van der Waals surface area contributed by atoms with Crippen molar-refractivity contribution in [3.63, 3.8) is 0 Å². The maximum Gasteiger partial charge on any atom is 0.334 e. The molecule has 162 valence electrons. The van der Waals surface area contributed by atoms with Crippen LogP contribution in [0.2, 0.25) is 0 Å². The highest BCUT2D eigenvalue weighted by Crippen LogP contribution is 2.77. The van der Waals surface area contributed by atoms with Crippen LogP contribution in [0.25, 0.3) is 0 Å². The summed E-state index contributed by atoms with van der Waals surface area (Å²) in [5, 5.41) is 21.8. The minimum atomic E-state index is -1.87. The monoisotopic (exact) mass is 413 g/mol. The Kier molecular flexibility index (Phi) is 4.24. The lowest BCUT2D eigenvalue weighted by atomic mass is 9.48. The maximum absolute atomic E-state index is 13.1. The van der Waals surface area contributed by atoms with E-state index < -0.39 is 17.0 Å². The van der Waals surface area contributed by atoms with Crippen LogP contribution in [0.5, 0.6) is 0 Å². The van der Waals surface area contributed by atoms with Crippen molar-refractivity contribution in [3.05, 3.63) is 23.4 Å². The van der Waals surface area contributed by atoms with E-state index in [-0.39, 0.29) is 35.5 Å². The quantitative estimate of drug-likeness (QED) is 0.448. The second-order valence-electron chi connectivity index (χ2n) is 9.97. The summed E-state index contributed by atoms with van der Waals surface area (Å²) in [7, 11) is 1.67. The topological polar surface area (TPSA) is 116 Å². The minimum absolute atomic E-state index is 0.00130. The van der Waals surface area contributed by atoms with Crippen molar-refractivity contribution in [2.45, 2.75) is 63.4 Å². The van der Waals surface area contributed by atoms with Crippen LogP contribution in [0.15, 0.2) is 28.4 Å². The van der Waals surface area contributed by atoms with E-state index in [1.54, 1.807) is 7.05 Å². The summed E-state index contributed by atoms with van der Waals surface area (Å²) in [4.78, 5) is 31.7. The Morgan fingerprint density at radius 2 is 2.03 bits per heavy atom. The number of aliphatic hydroxyl groups is 1. The first kappa shape index (κ1) is 19.8. The molecule has 4 aliphatic carbocycles. The molecule has 0 saturated heterocycles. The van der Waals surface area contributed by atoms with E-state index in [1.165, 1.54) is 0 Å². The number of nitrogens with zero attached hydrogens (tertiary/aromatic N) is 2. The number of carboxylic acids is 1. The van der Waals surface area contributed by atoms with Gasteiger partial charge in [0.25, 0.3) is 0 Å². The average Bonchev–Trinajstić information content (AvgIpc) is 3.07. The maximum atomic E-state index is 13.1. The van der Waals surface area contributed by atoms with Gasteiger partial charge in [0.05, 0.1) is 5.57 Å². The Hall–Kier alpha value is -2.15. The van der Waals surface area contributed by atoms with E-state index in [4.69, 9.17) is 5.73 Å². The van der Waals surface area contributed by atoms with E-state index in [2.05, 4.69) is 11.1 Å². The lowest BCUT2D eigenvalue weighted by Crippen LogP contribution is -2.58. The van der Waals surface area contributed by atoms with E-state index in [9.17, 15) is 19.8 Å². The molecule has 3 bridgehead atoms. The number of carbonyl (C=O) groups excluding carboxylic acids is 1. The third-order valence-corrected chi connectivity index (χ3v) is 9.09. The number of aliphatic imine (C=N–C) groups is 1. The number of hydrogen-bond donors (Lipinski definition) is 3. The Balaban J connectivity index is 1.75. The minimum Gasteiger partial charge on any atom is -0.478 e. The van der Waals surface area contributed by atoms with Gasteiger partial charge in [-0.1, -0.05) is 12.5 Å². The number of carboxylic acid groups (broad SMARTS) is 1. The highest BCUT2D eigenvalue weighted by molar-refractivity contribution is 6.04. The third-order valence-electron chi connectivity index (χ3n) is 9.09. The predicted octanol–water partition coefficient (Wildman–Crippen LogP) is 2.21. The SMILES string of the molecule is CN=C(N)N1C=CC[C@@]2(C1)[C@@H]1CC[C@H]3CCCCC(=O)[C@]4(O)C[C@@]32C(=C4C(=O)O)C1. The molecule has 7 heteroatoms. The lowest BCUT2D eigenvalue weighted by Gasteiger charge is -2.58. The van der Waals surface area contributed by atoms with Crippen molar-refractivity contribution in [2.24, 2.45) is 33.4 Å². The van der Waals surface area contributed by atoms with Crippen LogP contribution in [0.3, 0.4) is 0 Å². The Bertz CT molecular complexity index is 908. The van der Waals surface area contributed by atoms with Crippen LogP contribution < -0.4 is 5.73 Å². The van der Waals surface area contributed by atoms with Crippen LogP contribution in [0.1, 0.15) is 57.8 Å². The molecule has 7 nitrogen and oxygen atoms in total. The summed E-state index contributed by atoms with van der Waals surface area (Å²) in [5.41, 5.74) is 4.48. The first-order valence-corrected chi connectivity index (χ1v) is 11.2. The predicted molar refractivity (Wildman–Crippen MR) is 111 cm³/mol. The average molecular weight is 414 g/mol. The smallest absolute Gasteiger partial charge is 0.334 e. The molecule has 2 spiro atoms. The molecule has 0 aromatic heterocycles. The molecule has 0 unspecified atom stereocenters. The van der Waals surface area contributed by atoms with Crippen LogP contribution in [0.4, 0.5) is 0 Å². The molecule has 5 rings (SSSR count). The molecular weight excluding hydrogens is 382 g/mol. The van der Waals surface area contributed by atoms with Crippen molar-refractivity contribution in [2.75, 3.05) is 13.6 Å². The van der Waals surface area contributed by atoms with Crippen LogP contribution in [-0.4, -0.2) is 52.0 Å². The molecule has 4 N–H and O–H groups in total. The fourth-order valence-corrected chi connectivity index (χ4v) is 8.00. The van der Waals surface area contributed by atoms with Gasteiger partial charge in [0.1, 0.15) is 0 Å². The molecule has 3 saturated carbocycles. The number of nitrogens with two attached hydrogens (primary N) is 1. The first-order chi connectivity index (χ1) is 14.3. The highest BCUT2D eigenvalue weighted by atomic mass is 16.4. The first-order valence-electron chi connectivity index (χ1n) is 11.2. The summed E-state index contributed by atoms with van der Waals surface area (Å²) in [6.07, 6.45) is 10.8. The molecule has 3 fully saturated rings. The van der Waals surface area contributed by atoms with Gasteiger partial charge >= 0.3 is 5.97 Å². The summed E-state index contributed by atoms with van der Waals surface area (Å²) >= 11 is 0. The van der Waals surface area contributed by atoms with Gasteiger partial charge in [-0.3, -0.25) is 9.79 Å². The van der Waals surface area contributed by atoms with Gasteiger partial charge in [-0.25, -0.2) is 4.79 Å². The Labute approximate surface area is 176 Å². The van der Waals surface area contributed by atoms with E-state index >= 15 is 0 Å². The zero-order valence-electron chi connectivity index (χ0n) is 17.6. The van der Waals surface area contributed by atoms with Gasteiger partial charge in [0.15, 0.2) is 17.3 Å². The van der Waals surface area contributed by atoms with Crippen molar-refractivity contribution in [3.8, 4) is 0 Å². The molecule has 0 aromatic rings. The molecule has 1 aliphatic heterocycles. The van der Waals surface area contributed by atoms with Crippen molar-refractivity contribution < 1.29 is 19.8 Å². The number of rotatable bonds is 1. The number of allylic oxidation sites excluding steroid dienone is 2. The second-order valence-corrected chi connectivity index (χ2v) is 9.97.